The van der Waals surface area contributed by atoms with E-state index in [1.54, 1.807) is 22.1 Å². The molecule has 7 heteroatoms. The number of benzene rings is 1. The molecule has 1 aromatic heterocycles. The number of carbonyl (C=O) groups excluding carboxylic acids is 3. The smallest absolute Gasteiger partial charge is 0.245 e. The highest BCUT2D eigenvalue weighted by Crippen LogP contribution is 2.23. The molecule has 1 aromatic carbocycles. The lowest BCUT2D eigenvalue weighted by Gasteiger charge is -2.26. The zero-order valence-corrected chi connectivity index (χ0v) is 18.1. The van der Waals surface area contributed by atoms with Crippen LogP contribution in [0.3, 0.4) is 0 Å². The van der Waals surface area contributed by atoms with Crippen LogP contribution in [0.15, 0.2) is 61.4 Å². The number of nitrogens with one attached hydrogen (secondary N) is 1. The average Bonchev–Trinajstić information content (AvgIpc) is 3.20. The summed E-state index contributed by atoms with van der Waals surface area (Å²) in [7, 11) is 0. The summed E-state index contributed by atoms with van der Waals surface area (Å²) in [5, 5.41) is 2.76. The van der Waals surface area contributed by atoms with Crippen LogP contribution < -0.4 is 5.32 Å². The van der Waals surface area contributed by atoms with E-state index in [1.807, 2.05) is 36.5 Å². The number of aromatic nitrogens is 1. The monoisotopic (exact) mass is 432 g/mol. The molecular formula is C25H28N4O3. The van der Waals surface area contributed by atoms with Crippen LogP contribution in [-0.2, 0) is 20.8 Å². The maximum Gasteiger partial charge on any atom is 0.245 e. The van der Waals surface area contributed by atoms with E-state index in [0.717, 1.165) is 16.7 Å². The molecule has 166 valence electrons. The van der Waals surface area contributed by atoms with E-state index in [0.29, 0.717) is 45.4 Å². The van der Waals surface area contributed by atoms with Crippen molar-refractivity contribution < 1.29 is 14.4 Å². The molecule has 2 saturated heterocycles. The number of rotatable bonds is 6. The maximum absolute atomic E-state index is 13.3. The molecule has 2 aliphatic heterocycles. The summed E-state index contributed by atoms with van der Waals surface area (Å²) in [5.74, 6) is -0.519. The lowest BCUT2D eigenvalue weighted by atomic mass is 9.95. The number of hydrogen-bond donors (Lipinski definition) is 1. The van der Waals surface area contributed by atoms with Gasteiger partial charge in [0.25, 0.3) is 0 Å². The predicted molar refractivity (Wildman–Crippen MR) is 121 cm³/mol. The molecule has 0 bridgehead atoms. The molecule has 3 heterocycles. The van der Waals surface area contributed by atoms with E-state index in [2.05, 4.69) is 22.9 Å². The van der Waals surface area contributed by atoms with Crippen LogP contribution in [-0.4, -0.2) is 64.7 Å². The third-order valence-corrected chi connectivity index (χ3v) is 6.10. The third-order valence-electron chi connectivity index (χ3n) is 6.10. The van der Waals surface area contributed by atoms with Crippen molar-refractivity contribution in [3.8, 4) is 11.1 Å². The first-order chi connectivity index (χ1) is 15.5. The number of nitrogens with zero attached hydrogens (tertiary/aromatic N) is 3. The molecule has 1 N–H and O–H groups in total. The fraction of sp³-hybridized carbons (Fsp3) is 0.360. The van der Waals surface area contributed by atoms with Crippen molar-refractivity contribution in [1.29, 1.82) is 0 Å². The summed E-state index contributed by atoms with van der Waals surface area (Å²) in [6.45, 7) is 5.48. The Balaban J connectivity index is 1.55. The topological polar surface area (TPSA) is 82.6 Å². The molecule has 0 spiro atoms. The Labute approximate surface area is 188 Å². The average molecular weight is 433 g/mol. The minimum Gasteiger partial charge on any atom is -0.344 e. The highest BCUT2D eigenvalue weighted by atomic mass is 16.2. The van der Waals surface area contributed by atoms with Crippen molar-refractivity contribution in [2.24, 2.45) is 5.92 Å². The summed E-state index contributed by atoms with van der Waals surface area (Å²) in [6, 6.07) is 11.5. The third kappa shape index (κ3) is 4.88. The standard InChI is InChI=1S/C25H28N4O3/c1-2-11-28-12-13-29(25(32)22-8-9-23(30)27-22)17-21(24(28)31)15-18-5-3-6-19(14-18)20-7-4-10-26-16-20/h2-7,10,14,16,21-22H,1,8-9,11-13,15,17H2,(H,27,30)/t21-,22+/m0/s1. The van der Waals surface area contributed by atoms with Crippen molar-refractivity contribution in [1.82, 2.24) is 20.1 Å². The zero-order valence-electron chi connectivity index (χ0n) is 18.1. The Kier molecular flexibility index (Phi) is 6.63. The Bertz CT molecular complexity index is 1010. The van der Waals surface area contributed by atoms with Gasteiger partial charge in [-0.1, -0.05) is 36.4 Å². The molecule has 0 radical (unpaired) electrons. The second kappa shape index (κ2) is 9.77. The van der Waals surface area contributed by atoms with Crippen molar-refractivity contribution in [3.63, 3.8) is 0 Å². The van der Waals surface area contributed by atoms with Crippen LogP contribution in [0.2, 0.25) is 0 Å². The van der Waals surface area contributed by atoms with E-state index in [1.165, 1.54) is 0 Å². The van der Waals surface area contributed by atoms with Gasteiger partial charge >= 0.3 is 0 Å². The van der Waals surface area contributed by atoms with Gasteiger partial charge in [-0.2, -0.15) is 0 Å². The first kappa shape index (κ1) is 21.7. The Morgan fingerprint density at radius 2 is 2.03 bits per heavy atom. The zero-order chi connectivity index (χ0) is 22.5. The molecule has 3 amide bonds. The van der Waals surface area contributed by atoms with Gasteiger partial charge in [0.15, 0.2) is 0 Å². The molecule has 32 heavy (non-hydrogen) atoms. The van der Waals surface area contributed by atoms with E-state index in [-0.39, 0.29) is 23.6 Å². The summed E-state index contributed by atoms with van der Waals surface area (Å²) >= 11 is 0. The molecule has 0 aliphatic carbocycles. The molecule has 0 saturated carbocycles. The van der Waals surface area contributed by atoms with Crippen LogP contribution >= 0.6 is 0 Å². The maximum atomic E-state index is 13.3. The minimum absolute atomic E-state index is 0.0300. The first-order valence-electron chi connectivity index (χ1n) is 11.0. The van der Waals surface area contributed by atoms with Gasteiger partial charge in [0.1, 0.15) is 6.04 Å². The van der Waals surface area contributed by atoms with Crippen molar-refractivity contribution >= 4 is 17.7 Å². The minimum atomic E-state index is -0.488. The largest absolute Gasteiger partial charge is 0.344 e. The van der Waals surface area contributed by atoms with E-state index in [4.69, 9.17) is 0 Å². The van der Waals surface area contributed by atoms with Crippen LogP contribution in [0.5, 0.6) is 0 Å². The van der Waals surface area contributed by atoms with Crippen molar-refractivity contribution in [3.05, 3.63) is 67.0 Å². The normalized spacial score (nSPS) is 21.2. The highest BCUT2D eigenvalue weighted by molar-refractivity contribution is 5.91. The fourth-order valence-electron chi connectivity index (χ4n) is 4.45. The van der Waals surface area contributed by atoms with Crippen LogP contribution in [0.4, 0.5) is 0 Å². The molecule has 0 unspecified atom stereocenters. The Hall–Kier alpha value is -3.48. The highest BCUT2D eigenvalue weighted by Gasteiger charge is 2.36. The number of amides is 3. The van der Waals surface area contributed by atoms with E-state index >= 15 is 0 Å². The molecule has 2 aliphatic rings. The summed E-state index contributed by atoms with van der Waals surface area (Å²) in [5.41, 5.74) is 3.09. The lowest BCUT2D eigenvalue weighted by Crippen LogP contribution is -2.46. The van der Waals surface area contributed by atoms with Crippen molar-refractivity contribution in [2.75, 3.05) is 26.2 Å². The lowest BCUT2D eigenvalue weighted by molar-refractivity contribution is -0.136. The SMILES string of the molecule is C=CCN1CCN(C(=O)[C@H]2CCC(=O)N2)C[C@H](Cc2cccc(-c3cccnc3)c2)C1=O. The molecule has 2 aromatic rings. The van der Waals surface area contributed by atoms with Gasteiger partial charge < -0.3 is 15.1 Å². The fourth-order valence-corrected chi connectivity index (χ4v) is 4.45. The van der Waals surface area contributed by atoms with Gasteiger partial charge in [0, 0.05) is 45.0 Å². The summed E-state index contributed by atoms with van der Waals surface area (Å²) in [4.78, 5) is 45.6. The van der Waals surface area contributed by atoms with Gasteiger partial charge in [-0.25, -0.2) is 0 Å². The number of pyridine rings is 1. The first-order valence-corrected chi connectivity index (χ1v) is 11.0. The van der Waals surface area contributed by atoms with Gasteiger partial charge in [0.2, 0.25) is 17.7 Å². The molecule has 2 atom stereocenters. The van der Waals surface area contributed by atoms with Gasteiger partial charge in [-0.3, -0.25) is 19.4 Å². The molecule has 2 fully saturated rings. The van der Waals surface area contributed by atoms with Gasteiger partial charge in [-0.15, -0.1) is 6.58 Å². The molecule has 7 nitrogen and oxygen atoms in total. The van der Waals surface area contributed by atoms with Crippen LogP contribution in [0.1, 0.15) is 18.4 Å². The Morgan fingerprint density at radius 1 is 1.19 bits per heavy atom. The van der Waals surface area contributed by atoms with Gasteiger partial charge in [-0.05, 0) is 35.6 Å². The van der Waals surface area contributed by atoms with E-state index in [9.17, 15) is 14.4 Å². The molecule has 4 rings (SSSR count). The van der Waals surface area contributed by atoms with E-state index < -0.39 is 6.04 Å². The summed E-state index contributed by atoms with van der Waals surface area (Å²) in [6.07, 6.45) is 6.68. The second-order valence-corrected chi connectivity index (χ2v) is 8.36. The van der Waals surface area contributed by atoms with Crippen LogP contribution in [0, 0.1) is 5.92 Å². The predicted octanol–water partition coefficient (Wildman–Crippen LogP) is 2.04. The second-order valence-electron chi connectivity index (χ2n) is 8.36. The quantitative estimate of drug-likeness (QED) is 0.709. The van der Waals surface area contributed by atoms with Crippen LogP contribution in [0.25, 0.3) is 11.1 Å². The van der Waals surface area contributed by atoms with Gasteiger partial charge in [0.05, 0.1) is 5.92 Å². The number of hydrogen-bond acceptors (Lipinski definition) is 4. The molecular weight excluding hydrogens is 404 g/mol. The number of carbonyl (C=O) groups is 3. The summed E-state index contributed by atoms with van der Waals surface area (Å²) < 4.78 is 0. The van der Waals surface area contributed by atoms with Crippen molar-refractivity contribution in [2.45, 2.75) is 25.3 Å². The Morgan fingerprint density at radius 3 is 2.75 bits per heavy atom.